The number of nitrogens with one attached hydrogen (secondary N) is 1. The molecule has 6 nitrogen and oxygen atoms in total. The van der Waals surface area contributed by atoms with Gasteiger partial charge in [-0.1, -0.05) is 18.5 Å². The van der Waals surface area contributed by atoms with Gasteiger partial charge in [0, 0.05) is 0 Å². The molecule has 1 atom stereocenters. The molecule has 1 unspecified atom stereocenters. The lowest BCUT2D eigenvalue weighted by atomic mass is 9.73. The highest BCUT2D eigenvalue weighted by Crippen LogP contribution is 2.40. The number of ether oxygens (including phenoxy) is 1. The van der Waals surface area contributed by atoms with Crippen LogP contribution in [0.4, 0.5) is 0 Å². The summed E-state index contributed by atoms with van der Waals surface area (Å²) in [5.74, 6) is -1.08. The van der Waals surface area contributed by atoms with Gasteiger partial charge < -0.3 is 10.1 Å². The maximum absolute atomic E-state index is 12.9. The third kappa shape index (κ3) is 2.92. The van der Waals surface area contributed by atoms with Crippen molar-refractivity contribution in [2.45, 2.75) is 64.5 Å². The van der Waals surface area contributed by atoms with Crippen molar-refractivity contribution in [1.29, 1.82) is 0 Å². The Labute approximate surface area is 141 Å². The van der Waals surface area contributed by atoms with Crippen LogP contribution >= 0.6 is 11.6 Å². The lowest BCUT2D eigenvalue weighted by Gasteiger charge is -2.41. The molecule has 23 heavy (non-hydrogen) atoms. The maximum Gasteiger partial charge on any atom is 0.328 e. The van der Waals surface area contributed by atoms with Gasteiger partial charge >= 0.3 is 5.97 Å². The number of carbonyl (C=O) groups is 2. The summed E-state index contributed by atoms with van der Waals surface area (Å²) in [7, 11) is 0. The molecule has 0 bridgehead atoms. The molecule has 0 spiro atoms. The monoisotopic (exact) mass is 339 g/mol. The molecule has 0 saturated carbocycles. The van der Waals surface area contributed by atoms with Crippen molar-refractivity contribution in [3.63, 3.8) is 0 Å². The van der Waals surface area contributed by atoms with E-state index in [-0.39, 0.29) is 17.3 Å². The highest BCUT2D eigenvalue weighted by molar-refractivity contribution is 6.29. The quantitative estimate of drug-likeness (QED) is 0.661. The summed E-state index contributed by atoms with van der Waals surface area (Å²) in [6, 6.07) is 0. The van der Waals surface area contributed by atoms with Crippen LogP contribution in [-0.2, 0) is 25.3 Å². The molecule has 1 aromatic rings. The molecule has 1 N–H and O–H groups in total. The summed E-state index contributed by atoms with van der Waals surface area (Å²) in [6.07, 6.45) is 1.61. The van der Waals surface area contributed by atoms with Gasteiger partial charge in [0.15, 0.2) is 5.41 Å². The highest BCUT2D eigenvalue weighted by Gasteiger charge is 2.57. The van der Waals surface area contributed by atoms with Gasteiger partial charge in [-0.15, -0.1) is 0 Å². The van der Waals surface area contributed by atoms with E-state index < -0.39 is 28.4 Å². The molecule has 0 saturated heterocycles. The molecular formula is C16H22ClN3O3. The number of aromatic nitrogens is 2. The van der Waals surface area contributed by atoms with Crippen LogP contribution in [0.5, 0.6) is 0 Å². The molecule has 0 radical (unpaired) electrons. The summed E-state index contributed by atoms with van der Waals surface area (Å²) in [5.41, 5.74) is -2.22. The van der Waals surface area contributed by atoms with E-state index in [4.69, 9.17) is 16.3 Å². The van der Waals surface area contributed by atoms with Crippen LogP contribution in [0, 0.1) is 0 Å². The number of nitrogens with zero attached hydrogens (tertiary/aromatic N) is 2. The number of rotatable bonds is 2. The Morgan fingerprint density at radius 2 is 1.96 bits per heavy atom. The zero-order valence-corrected chi connectivity index (χ0v) is 15.0. The fourth-order valence-electron chi connectivity index (χ4n) is 2.71. The fourth-order valence-corrected chi connectivity index (χ4v) is 2.84. The van der Waals surface area contributed by atoms with E-state index in [9.17, 15) is 9.59 Å². The van der Waals surface area contributed by atoms with Crippen molar-refractivity contribution in [2.24, 2.45) is 0 Å². The van der Waals surface area contributed by atoms with E-state index in [2.05, 4.69) is 15.3 Å². The molecule has 7 heteroatoms. The van der Waals surface area contributed by atoms with Gasteiger partial charge in [0.2, 0.25) is 5.91 Å². The number of hydrogen-bond acceptors (Lipinski definition) is 5. The van der Waals surface area contributed by atoms with E-state index in [1.54, 1.807) is 41.5 Å². The minimum absolute atomic E-state index is 0.135. The summed E-state index contributed by atoms with van der Waals surface area (Å²) in [4.78, 5) is 34.3. The molecule has 1 amide bonds. The molecule has 2 heterocycles. The predicted molar refractivity (Wildman–Crippen MR) is 86.0 cm³/mol. The van der Waals surface area contributed by atoms with E-state index in [0.29, 0.717) is 5.69 Å². The summed E-state index contributed by atoms with van der Waals surface area (Å²) in [5, 5.41) is 2.99. The zero-order chi connectivity index (χ0) is 17.6. The van der Waals surface area contributed by atoms with Crippen molar-refractivity contribution in [3.05, 3.63) is 22.7 Å². The first kappa shape index (κ1) is 17.7. The van der Waals surface area contributed by atoms with Gasteiger partial charge in [-0.3, -0.25) is 14.6 Å². The summed E-state index contributed by atoms with van der Waals surface area (Å²) in [6.45, 7) is 10.6. The van der Waals surface area contributed by atoms with Crippen molar-refractivity contribution < 1.29 is 14.3 Å². The van der Waals surface area contributed by atoms with Crippen molar-refractivity contribution in [2.75, 3.05) is 0 Å². The van der Waals surface area contributed by atoms with Crippen LogP contribution < -0.4 is 5.32 Å². The fraction of sp³-hybridized carbons (Fsp3) is 0.625. The zero-order valence-electron chi connectivity index (χ0n) is 14.3. The molecule has 0 fully saturated rings. The molecule has 1 aliphatic heterocycles. The van der Waals surface area contributed by atoms with E-state index in [1.165, 1.54) is 6.20 Å². The van der Waals surface area contributed by atoms with Crippen LogP contribution in [0.15, 0.2) is 6.20 Å². The Kier molecular flexibility index (Phi) is 4.18. The second kappa shape index (κ2) is 5.44. The van der Waals surface area contributed by atoms with Crippen LogP contribution in [0.3, 0.4) is 0 Å². The number of halogens is 1. The van der Waals surface area contributed by atoms with Crippen LogP contribution in [-0.4, -0.2) is 27.4 Å². The molecule has 1 aromatic heterocycles. The predicted octanol–water partition coefficient (Wildman–Crippen LogP) is 2.48. The van der Waals surface area contributed by atoms with Gasteiger partial charge in [-0.05, 0) is 41.0 Å². The lowest BCUT2D eigenvalue weighted by Crippen LogP contribution is -2.61. The van der Waals surface area contributed by atoms with Crippen molar-refractivity contribution >= 4 is 23.5 Å². The number of esters is 1. The smallest absolute Gasteiger partial charge is 0.328 e. The molecule has 126 valence electrons. The minimum atomic E-state index is -1.55. The largest absolute Gasteiger partial charge is 0.459 e. The number of hydrogen-bond donors (Lipinski definition) is 1. The Hall–Kier alpha value is -1.69. The number of carbonyl (C=O) groups excluding carboxylic acids is 2. The normalized spacial score (nSPS) is 23.0. The minimum Gasteiger partial charge on any atom is -0.459 e. The average Bonchev–Trinajstić information content (AvgIpc) is 2.36. The van der Waals surface area contributed by atoms with Crippen LogP contribution in [0.2, 0.25) is 5.15 Å². The van der Waals surface area contributed by atoms with E-state index >= 15 is 0 Å². The summed E-state index contributed by atoms with van der Waals surface area (Å²) < 4.78 is 5.50. The molecule has 2 rings (SSSR count). The first-order chi connectivity index (χ1) is 10.4. The van der Waals surface area contributed by atoms with E-state index in [0.717, 1.165) is 0 Å². The van der Waals surface area contributed by atoms with Gasteiger partial charge in [0.05, 0.1) is 23.1 Å². The Morgan fingerprint density at radius 3 is 2.48 bits per heavy atom. The van der Waals surface area contributed by atoms with Crippen molar-refractivity contribution in [1.82, 2.24) is 15.3 Å². The van der Waals surface area contributed by atoms with Gasteiger partial charge in [0.1, 0.15) is 10.8 Å². The van der Waals surface area contributed by atoms with Crippen LogP contribution in [0.1, 0.15) is 59.4 Å². The lowest BCUT2D eigenvalue weighted by molar-refractivity contribution is -0.166. The molecule has 1 aliphatic rings. The van der Waals surface area contributed by atoms with Crippen LogP contribution in [0.25, 0.3) is 0 Å². The second-order valence-corrected chi connectivity index (χ2v) is 7.62. The Morgan fingerprint density at radius 1 is 1.35 bits per heavy atom. The second-order valence-electron chi connectivity index (χ2n) is 7.23. The first-order valence-corrected chi connectivity index (χ1v) is 7.91. The number of amides is 1. The topological polar surface area (TPSA) is 81.2 Å². The first-order valence-electron chi connectivity index (χ1n) is 7.53. The third-order valence-electron chi connectivity index (χ3n) is 3.83. The summed E-state index contributed by atoms with van der Waals surface area (Å²) >= 11 is 5.98. The third-order valence-corrected chi connectivity index (χ3v) is 4.01. The average molecular weight is 340 g/mol. The highest BCUT2D eigenvalue weighted by atomic mass is 35.5. The Bertz CT molecular complexity index is 667. The van der Waals surface area contributed by atoms with Crippen molar-refractivity contribution in [3.8, 4) is 0 Å². The molecule has 0 aromatic carbocycles. The van der Waals surface area contributed by atoms with Gasteiger partial charge in [-0.25, -0.2) is 4.98 Å². The van der Waals surface area contributed by atoms with E-state index in [1.807, 2.05) is 0 Å². The standard InChI is InChI=1S/C16H22ClN3O3/c1-7-16(13(22)23-14(2,3)4)11-10(18-8-9(17)19-11)15(5,6)20-12(16)21/h8H,7H2,1-6H3,(H,20,21). The maximum atomic E-state index is 12.9. The Balaban J connectivity index is 2.70. The van der Waals surface area contributed by atoms with Gasteiger partial charge in [-0.2, -0.15) is 0 Å². The SMILES string of the molecule is CCC1(C(=O)OC(C)(C)C)C(=O)NC(C)(C)c2ncc(Cl)nc21. The molecular weight excluding hydrogens is 318 g/mol. The van der Waals surface area contributed by atoms with Gasteiger partial charge in [0.25, 0.3) is 0 Å². The molecule has 0 aliphatic carbocycles. The number of fused-ring (bicyclic) bond motifs is 1.